The van der Waals surface area contributed by atoms with E-state index >= 15 is 0 Å². The van der Waals surface area contributed by atoms with Gasteiger partial charge in [0.1, 0.15) is 0 Å². The van der Waals surface area contributed by atoms with Crippen molar-refractivity contribution in [1.29, 1.82) is 0 Å². The molecule has 0 saturated heterocycles. The average molecular weight is 470 g/mol. The van der Waals surface area contributed by atoms with Crippen molar-refractivity contribution in [1.82, 2.24) is 0 Å². The van der Waals surface area contributed by atoms with E-state index in [-0.39, 0.29) is 0 Å². The van der Waals surface area contributed by atoms with Crippen LogP contribution >= 0.6 is 25.0 Å². The molecule has 3 N–H and O–H groups in total. The van der Waals surface area contributed by atoms with Gasteiger partial charge in [0.25, 0.3) is 0 Å². The zero-order valence-corrected chi connectivity index (χ0v) is 19.6. The Morgan fingerprint density at radius 3 is 0.742 bits per heavy atom. The maximum Gasteiger partial charge on any atom is 0.466 e. The quantitative estimate of drug-likeness (QED) is 0.398. The smallest absolute Gasteiger partial charge is 0.303 e. The maximum absolute atomic E-state index is 8.88. The van der Waals surface area contributed by atoms with Crippen LogP contribution in [-0.4, -0.2) is 14.7 Å². The summed E-state index contributed by atoms with van der Waals surface area (Å²) in [5.74, 6) is 0. The third kappa shape index (κ3) is 13.0. The highest BCUT2D eigenvalue weighted by Gasteiger charge is 2.00. The lowest BCUT2D eigenvalue weighted by molar-refractivity contribution is 0.275. The fourth-order valence-corrected chi connectivity index (χ4v) is 4.52. The molecule has 0 heterocycles. The van der Waals surface area contributed by atoms with Crippen molar-refractivity contribution in [3.05, 3.63) is 121 Å². The summed E-state index contributed by atoms with van der Waals surface area (Å²) in [5.41, 5.74) is 0. The zero-order chi connectivity index (χ0) is 22.4. The molecule has 0 fully saturated rings. The van der Waals surface area contributed by atoms with Gasteiger partial charge in [0.05, 0.1) is 0 Å². The van der Waals surface area contributed by atoms with E-state index in [0.29, 0.717) is 0 Å². The molecule has 4 aromatic carbocycles. The lowest BCUT2D eigenvalue weighted by Gasteiger charge is -2.00. The Morgan fingerprint density at radius 2 is 0.581 bits per heavy atom. The van der Waals surface area contributed by atoms with Crippen molar-refractivity contribution in [3.63, 3.8) is 0 Å². The van der Waals surface area contributed by atoms with Gasteiger partial charge in [-0.05, 0) is 21.2 Å². The largest absolute Gasteiger partial charge is 0.466 e. The molecule has 0 aliphatic rings. The summed E-state index contributed by atoms with van der Waals surface area (Å²) < 4.78 is 8.88. The van der Waals surface area contributed by atoms with E-state index in [9.17, 15) is 0 Å². The molecule has 0 bridgehead atoms. The van der Waals surface area contributed by atoms with E-state index in [1.807, 2.05) is 0 Å². The standard InChI is InChI=1S/2C12H11P.H3O4P/c2*1-3-7-11(8-4-1)13-12-9-5-2-6-10-12;1-5(2,3)4/h2*1-10,13H;(H3,1,2,3,4). The van der Waals surface area contributed by atoms with Crippen LogP contribution in [0.2, 0.25) is 0 Å². The minimum atomic E-state index is -4.64. The minimum absolute atomic E-state index is 0.777. The maximum atomic E-state index is 8.88. The minimum Gasteiger partial charge on any atom is -0.303 e. The normalized spacial score (nSPS) is 10.2. The number of hydrogen-bond donors (Lipinski definition) is 3. The van der Waals surface area contributed by atoms with E-state index in [4.69, 9.17) is 19.2 Å². The van der Waals surface area contributed by atoms with E-state index in [2.05, 4.69) is 121 Å². The van der Waals surface area contributed by atoms with Gasteiger partial charge in [-0.1, -0.05) is 138 Å². The second kappa shape index (κ2) is 14.0. The highest BCUT2D eigenvalue weighted by molar-refractivity contribution is 7.55. The first-order valence-corrected chi connectivity index (χ1v) is 13.0. The van der Waals surface area contributed by atoms with Crippen LogP contribution in [0.15, 0.2) is 121 Å². The van der Waals surface area contributed by atoms with Gasteiger partial charge in [-0.3, -0.25) is 0 Å². The van der Waals surface area contributed by atoms with Crippen molar-refractivity contribution in [2.45, 2.75) is 0 Å². The van der Waals surface area contributed by atoms with Gasteiger partial charge in [-0.25, -0.2) is 4.57 Å². The van der Waals surface area contributed by atoms with Gasteiger partial charge in [0.15, 0.2) is 0 Å². The molecule has 0 atom stereocenters. The summed E-state index contributed by atoms with van der Waals surface area (Å²) in [6, 6.07) is 42.3. The van der Waals surface area contributed by atoms with Crippen molar-refractivity contribution < 1.29 is 19.2 Å². The molecule has 0 unspecified atom stereocenters. The lowest BCUT2D eigenvalue weighted by atomic mass is 10.4. The van der Waals surface area contributed by atoms with Crippen LogP contribution in [0.5, 0.6) is 0 Å². The predicted molar refractivity (Wildman–Crippen MR) is 135 cm³/mol. The first kappa shape index (κ1) is 25.1. The number of hydrogen-bond acceptors (Lipinski definition) is 1. The second-order valence-corrected chi connectivity index (χ2v) is 10.1. The van der Waals surface area contributed by atoms with Gasteiger partial charge in [-0.2, -0.15) is 0 Å². The lowest BCUT2D eigenvalue weighted by Crippen LogP contribution is -2.01. The van der Waals surface area contributed by atoms with E-state index in [0.717, 1.165) is 17.2 Å². The Hall–Kier alpha value is -2.15. The molecule has 4 nitrogen and oxygen atoms in total. The van der Waals surface area contributed by atoms with Crippen molar-refractivity contribution in [2.24, 2.45) is 0 Å². The average Bonchev–Trinajstić information content (AvgIpc) is 2.76. The highest BCUT2D eigenvalue weighted by atomic mass is 31.2. The molecule has 31 heavy (non-hydrogen) atoms. The summed E-state index contributed by atoms with van der Waals surface area (Å²) >= 11 is 0. The Bertz CT molecular complexity index is 865. The van der Waals surface area contributed by atoms with Crippen LogP contribution in [0.1, 0.15) is 0 Å². The van der Waals surface area contributed by atoms with Crippen LogP contribution in [-0.2, 0) is 4.57 Å². The fourth-order valence-electron chi connectivity index (χ4n) is 2.42. The highest BCUT2D eigenvalue weighted by Crippen LogP contribution is 2.25. The monoisotopic (exact) mass is 470 g/mol. The van der Waals surface area contributed by atoms with Crippen LogP contribution < -0.4 is 21.2 Å². The summed E-state index contributed by atoms with van der Waals surface area (Å²) in [6.45, 7) is 0. The zero-order valence-electron chi connectivity index (χ0n) is 16.7. The predicted octanol–water partition coefficient (Wildman–Crippen LogP) is 3.70. The Labute approximate surface area is 186 Å². The number of benzene rings is 4. The van der Waals surface area contributed by atoms with E-state index in [1.54, 1.807) is 0 Å². The Morgan fingerprint density at radius 1 is 0.419 bits per heavy atom. The van der Waals surface area contributed by atoms with Crippen molar-refractivity contribution in [3.8, 4) is 0 Å². The molecule has 7 heteroatoms. The van der Waals surface area contributed by atoms with Crippen LogP contribution in [0.25, 0.3) is 0 Å². The molecule has 0 saturated carbocycles. The molecule has 0 aliphatic heterocycles. The van der Waals surface area contributed by atoms with E-state index in [1.165, 1.54) is 21.2 Å². The summed E-state index contributed by atoms with van der Waals surface area (Å²) in [6.07, 6.45) is 0. The SMILES string of the molecule is O=P(O)(O)O.c1ccc(Pc2ccccc2)cc1.c1ccc(Pc2ccccc2)cc1. The van der Waals surface area contributed by atoms with Crippen LogP contribution in [0.4, 0.5) is 0 Å². The Balaban J connectivity index is 0.000000182. The van der Waals surface area contributed by atoms with Crippen molar-refractivity contribution >= 4 is 46.2 Å². The molecule has 4 aromatic rings. The first-order valence-electron chi connectivity index (χ1n) is 9.43. The van der Waals surface area contributed by atoms with Crippen LogP contribution in [0, 0.1) is 0 Å². The van der Waals surface area contributed by atoms with Gasteiger partial charge >= 0.3 is 7.82 Å². The summed E-state index contributed by atoms with van der Waals surface area (Å²) in [5, 5.41) is 5.59. The van der Waals surface area contributed by atoms with Crippen LogP contribution in [0.3, 0.4) is 0 Å². The Kier molecular flexibility index (Phi) is 11.4. The third-order valence-corrected chi connectivity index (χ3v) is 6.16. The molecular weight excluding hydrogens is 445 g/mol. The molecular formula is C24H25O4P3. The fraction of sp³-hybridized carbons (Fsp3) is 0. The first-order chi connectivity index (χ1) is 14.9. The summed E-state index contributed by atoms with van der Waals surface area (Å²) in [7, 11) is -3.09. The molecule has 160 valence electrons. The molecule has 4 rings (SSSR count). The molecule has 0 aliphatic carbocycles. The van der Waals surface area contributed by atoms with Crippen molar-refractivity contribution in [2.75, 3.05) is 0 Å². The molecule has 0 radical (unpaired) electrons. The van der Waals surface area contributed by atoms with E-state index < -0.39 is 7.82 Å². The topological polar surface area (TPSA) is 77.8 Å². The molecule has 0 aromatic heterocycles. The van der Waals surface area contributed by atoms with Gasteiger partial charge in [0.2, 0.25) is 0 Å². The number of phosphoric acid groups is 1. The van der Waals surface area contributed by atoms with Gasteiger partial charge in [0, 0.05) is 0 Å². The third-order valence-electron chi connectivity index (χ3n) is 3.67. The number of rotatable bonds is 4. The molecule has 0 spiro atoms. The second-order valence-electron chi connectivity index (χ2n) is 6.23. The summed E-state index contributed by atoms with van der Waals surface area (Å²) in [4.78, 5) is 21.6. The van der Waals surface area contributed by atoms with Gasteiger partial charge < -0.3 is 14.7 Å². The molecule has 0 amide bonds. The van der Waals surface area contributed by atoms with Gasteiger partial charge in [-0.15, -0.1) is 0 Å².